The van der Waals surface area contributed by atoms with Crippen molar-refractivity contribution in [2.45, 2.75) is 51.6 Å². The standard InChI is InChI=1S/C15H28N4O2.ClH/c1-3-16-15(21)18-14(20)11(2)19-8-6-13(7-9-19)17-10-12-4-5-12;/h11-13,17H,3-10H2,1-2H3,(H2,16,18,20,21);1H. The van der Waals surface area contributed by atoms with Crippen molar-refractivity contribution < 1.29 is 9.59 Å². The van der Waals surface area contributed by atoms with Gasteiger partial charge < -0.3 is 10.6 Å². The van der Waals surface area contributed by atoms with Gasteiger partial charge in [0.05, 0.1) is 6.04 Å². The summed E-state index contributed by atoms with van der Waals surface area (Å²) in [6, 6.07) is -0.0761. The van der Waals surface area contributed by atoms with Gasteiger partial charge in [-0.3, -0.25) is 15.0 Å². The highest BCUT2D eigenvalue weighted by atomic mass is 35.5. The van der Waals surface area contributed by atoms with Crippen LogP contribution in [-0.2, 0) is 4.79 Å². The number of piperidine rings is 1. The van der Waals surface area contributed by atoms with Gasteiger partial charge in [-0.05, 0) is 52.0 Å². The van der Waals surface area contributed by atoms with E-state index in [0.717, 1.165) is 38.4 Å². The molecule has 22 heavy (non-hydrogen) atoms. The van der Waals surface area contributed by atoms with Crippen molar-refractivity contribution in [1.82, 2.24) is 20.9 Å². The molecule has 0 aromatic heterocycles. The van der Waals surface area contributed by atoms with E-state index in [2.05, 4.69) is 20.9 Å². The Balaban J connectivity index is 0.00000242. The summed E-state index contributed by atoms with van der Waals surface area (Å²) in [4.78, 5) is 25.5. The SMILES string of the molecule is CCNC(=O)NC(=O)C(C)N1CCC(NCC2CC2)CC1.Cl. The zero-order valence-corrected chi connectivity index (χ0v) is 14.4. The quantitative estimate of drug-likeness (QED) is 0.681. The zero-order chi connectivity index (χ0) is 15.2. The first-order chi connectivity index (χ1) is 10.1. The summed E-state index contributed by atoms with van der Waals surface area (Å²) in [5.74, 6) is 0.690. The number of likely N-dealkylation sites (tertiary alicyclic amines) is 1. The van der Waals surface area contributed by atoms with E-state index in [-0.39, 0.29) is 24.4 Å². The van der Waals surface area contributed by atoms with Gasteiger partial charge in [0.2, 0.25) is 5.91 Å². The van der Waals surface area contributed by atoms with Crippen LogP contribution in [0.2, 0.25) is 0 Å². The lowest BCUT2D eigenvalue weighted by atomic mass is 10.0. The Morgan fingerprint density at radius 2 is 1.82 bits per heavy atom. The molecule has 6 nitrogen and oxygen atoms in total. The van der Waals surface area contributed by atoms with Gasteiger partial charge >= 0.3 is 6.03 Å². The van der Waals surface area contributed by atoms with E-state index in [4.69, 9.17) is 0 Å². The number of amides is 3. The van der Waals surface area contributed by atoms with Crippen LogP contribution in [0, 0.1) is 5.92 Å². The van der Waals surface area contributed by atoms with Gasteiger partial charge in [0.25, 0.3) is 0 Å². The fraction of sp³-hybridized carbons (Fsp3) is 0.867. The number of rotatable bonds is 6. The maximum absolute atomic E-state index is 12.0. The first-order valence-electron chi connectivity index (χ1n) is 8.16. The summed E-state index contributed by atoms with van der Waals surface area (Å²) in [7, 11) is 0. The van der Waals surface area contributed by atoms with E-state index >= 15 is 0 Å². The van der Waals surface area contributed by atoms with Gasteiger partial charge in [-0.1, -0.05) is 0 Å². The van der Waals surface area contributed by atoms with E-state index in [1.807, 2.05) is 13.8 Å². The van der Waals surface area contributed by atoms with Gasteiger partial charge in [-0.15, -0.1) is 12.4 Å². The molecule has 2 aliphatic rings. The Kier molecular flexibility index (Phi) is 8.14. The lowest BCUT2D eigenvalue weighted by molar-refractivity contribution is -0.125. The number of carbonyl (C=O) groups is 2. The van der Waals surface area contributed by atoms with Gasteiger partial charge in [0.15, 0.2) is 0 Å². The van der Waals surface area contributed by atoms with Crippen molar-refractivity contribution in [3.63, 3.8) is 0 Å². The summed E-state index contributed by atoms with van der Waals surface area (Å²) in [6.07, 6.45) is 4.91. The maximum atomic E-state index is 12.0. The number of imide groups is 1. The lowest BCUT2D eigenvalue weighted by Gasteiger charge is -2.35. The first-order valence-corrected chi connectivity index (χ1v) is 8.16. The molecule has 7 heteroatoms. The molecular weight excluding hydrogens is 304 g/mol. The monoisotopic (exact) mass is 332 g/mol. The topological polar surface area (TPSA) is 73.5 Å². The summed E-state index contributed by atoms with van der Waals surface area (Å²) in [6.45, 7) is 7.18. The van der Waals surface area contributed by atoms with Crippen molar-refractivity contribution in [2.24, 2.45) is 5.92 Å². The van der Waals surface area contributed by atoms with Gasteiger partial charge in [-0.2, -0.15) is 0 Å². The molecule has 3 amide bonds. The van der Waals surface area contributed by atoms with Gasteiger partial charge in [0.1, 0.15) is 0 Å². The molecule has 128 valence electrons. The minimum absolute atomic E-state index is 0. The molecule has 1 saturated heterocycles. The highest BCUT2D eigenvalue weighted by molar-refractivity contribution is 5.96. The van der Waals surface area contributed by atoms with E-state index in [1.165, 1.54) is 12.8 Å². The predicted molar refractivity (Wildman–Crippen MR) is 89.2 cm³/mol. The fourth-order valence-electron chi connectivity index (χ4n) is 2.73. The van der Waals surface area contributed by atoms with Crippen LogP contribution in [0.1, 0.15) is 39.5 Å². The second kappa shape index (κ2) is 9.33. The van der Waals surface area contributed by atoms with Crippen LogP contribution < -0.4 is 16.0 Å². The number of nitrogens with zero attached hydrogens (tertiary/aromatic N) is 1. The van der Waals surface area contributed by atoms with E-state index in [0.29, 0.717) is 12.6 Å². The van der Waals surface area contributed by atoms with Crippen molar-refractivity contribution in [3.8, 4) is 0 Å². The van der Waals surface area contributed by atoms with Crippen LogP contribution in [-0.4, -0.2) is 55.1 Å². The Labute approximate surface area is 139 Å². The van der Waals surface area contributed by atoms with Crippen LogP contribution in [0.15, 0.2) is 0 Å². The van der Waals surface area contributed by atoms with Crippen molar-refractivity contribution in [1.29, 1.82) is 0 Å². The lowest BCUT2D eigenvalue weighted by Crippen LogP contribution is -2.53. The number of hydrogen-bond acceptors (Lipinski definition) is 4. The Morgan fingerprint density at radius 3 is 2.36 bits per heavy atom. The minimum atomic E-state index is -0.407. The molecule has 0 bridgehead atoms. The number of carbonyl (C=O) groups excluding carboxylic acids is 2. The third-order valence-corrected chi connectivity index (χ3v) is 4.42. The van der Waals surface area contributed by atoms with Gasteiger partial charge in [0, 0.05) is 25.7 Å². The Hall–Kier alpha value is -0.850. The van der Waals surface area contributed by atoms with E-state index in [9.17, 15) is 9.59 Å². The molecule has 3 N–H and O–H groups in total. The second-order valence-corrected chi connectivity index (χ2v) is 6.19. The van der Waals surface area contributed by atoms with Crippen LogP contribution in [0.4, 0.5) is 4.79 Å². The molecule has 1 aliphatic carbocycles. The summed E-state index contributed by atoms with van der Waals surface area (Å²) >= 11 is 0. The summed E-state index contributed by atoms with van der Waals surface area (Å²) in [5, 5.41) is 8.60. The number of urea groups is 1. The molecular formula is C15H29ClN4O2. The Morgan fingerprint density at radius 1 is 1.18 bits per heavy atom. The highest BCUT2D eigenvalue weighted by Crippen LogP contribution is 2.28. The van der Waals surface area contributed by atoms with E-state index in [1.54, 1.807) is 0 Å². The van der Waals surface area contributed by atoms with Crippen LogP contribution in [0.5, 0.6) is 0 Å². The minimum Gasteiger partial charge on any atom is -0.338 e. The summed E-state index contributed by atoms with van der Waals surface area (Å²) in [5.41, 5.74) is 0. The molecule has 1 saturated carbocycles. The molecule has 1 aliphatic heterocycles. The largest absolute Gasteiger partial charge is 0.338 e. The van der Waals surface area contributed by atoms with Crippen molar-refractivity contribution in [3.05, 3.63) is 0 Å². The second-order valence-electron chi connectivity index (χ2n) is 6.19. The van der Waals surface area contributed by atoms with Crippen molar-refractivity contribution >= 4 is 24.3 Å². The predicted octanol–water partition coefficient (Wildman–Crippen LogP) is 1.11. The van der Waals surface area contributed by atoms with Crippen LogP contribution in [0.3, 0.4) is 0 Å². The Bertz CT molecular complexity index is 369. The smallest absolute Gasteiger partial charge is 0.321 e. The third-order valence-electron chi connectivity index (χ3n) is 4.42. The molecule has 0 spiro atoms. The molecule has 2 rings (SSSR count). The van der Waals surface area contributed by atoms with Gasteiger partial charge in [-0.25, -0.2) is 4.79 Å². The van der Waals surface area contributed by atoms with Crippen LogP contribution in [0.25, 0.3) is 0 Å². The van der Waals surface area contributed by atoms with Crippen molar-refractivity contribution in [2.75, 3.05) is 26.2 Å². The molecule has 1 unspecified atom stereocenters. The summed E-state index contributed by atoms with van der Waals surface area (Å²) < 4.78 is 0. The first kappa shape index (κ1) is 19.2. The molecule has 2 fully saturated rings. The average molecular weight is 333 g/mol. The molecule has 0 aromatic rings. The fourth-order valence-corrected chi connectivity index (χ4v) is 2.73. The maximum Gasteiger partial charge on any atom is 0.321 e. The van der Waals surface area contributed by atoms with E-state index < -0.39 is 6.03 Å². The number of halogens is 1. The molecule has 1 atom stereocenters. The average Bonchev–Trinajstić information content (AvgIpc) is 3.29. The number of nitrogens with one attached hydrogen (secondary N) is 3. The zero-order valence-electron chi connectivity index (χ0n) is 13.6. The highest BCUT2D eigenvalue weighted by Gasteiger charge is 2.28. The molecule has 0 radical (unpaired) electrons. The molecule has 0 aromatic carbocycles. The number of hydrogen-bond donors (Lipinski definition) is 3. The third kappa shape index (κ3) is 6.10. The normalized spacial score (nSPS) is 20.8. The molecule has 1 heterocycles. The van der Waals surface area contributed by atoms with Crippen LogP contribution >= 0.6 is 12.4 Å².